The Balaban J connectivity index is 1.89. The Bertz CT molecular complexity index is 388. The molecule has 1 amide bonds. The van der Waals surface area contributed by atoms with Crippen LogP contribution in [0.4, 0.5) is 5.69 Å². The van der Waals surface area contributed by atoms with Crippen molar-refractivity contribution in [3.63, 3.8) is 0 Å². The molecular formula is C13H19N3O. The lowest BCUT2D eigenvalue weighted by atomic mass is 10.1. The van der Waals surface area contributed by atoms with Crippen molar-refractivity contribution in [3.8, 4) is 0 Å². The van der Waals surface area contributed by atoms with Crippen LogP contribution in [0.5, 0.6) is 0 Å². The number of carbonyl (C=O) groups excluding carboxylic acids is 1. The minimum absolute atomic E-state index is 0.0162. The van der Waals surface area contributed by atoms with Crippen molar-refractivity contribution < 1.29 is 4.79 Å². The Morgan fingerprint density at radius 2 is 2.12 bits per heavy atom. The normalized spacial score (nSPS) is 21.2. The fourth-order valence-electron chi connectivity index (χ4n) is 2.09. The summed E-state index contributed by atoms with van der Waals surface area (Å²) < 4.78 is 0. The molecule has 3 N–H and O–H groups in total. The Hall–Kier alpha value is -1.55. The molecule has 1 aliphatic rings. The zero-order chi connectivity index (χ0) is 12.3. The first-order chi connectivity index (χ1) is 8.16. The second-order valence-corrected chi connectivity index (χ2v) is 4.49. The summed E-state index contributed by atoms with van der Waals surface area (Å²) in [5, 5.41) is 2.87. The first-order valence-corrected chi connectivity index (χ1v) is 6.03. The van der Waals surface area contributed by atoms with Gasteiger partial charge in [-0.15, -0.1) is 0 Å². The average Bonchev–Trinajstić information content (AvgIpc) is 2.33. The van der Waals surface area contributed by atoms with Crippen LogP contribution < -0.4 is 11.1 Å². The minimum Gasteiger partial charge on any atom is -0.399 e. The highest BCUT2D eigenvalue weighted by Gasteiger charge is 2.24. The van der Waals surface area contributed by atoms with Gasteiger partial charge in [-0.2, -0.15) is 0 Å². The van der Waals surface area contributed by atoms with E-state index in [-0.39, 0.29) is 11.9 Å². The third-order valence-corrected chi connectivity index (χ3v) is 3.29. The number of nitrogens with zero attached hydrogens (tertiary/aromatic N) is 1. The molecule has 1 aromatic carbocycles. The molecule has 1 fully saturated rings. The van der Waals surface area contributed by atoms with Crippen molar-refractivity contribution in [3.05, 3.63) is 29.8 Å². The lowest BCUT2D eigenvalue weighted by Gasteiger charge is -2.32. The maximum atomic E-state index is 11.5. The lowest BCUT2D eigenvalue weighted by molar-refractivity contribution is -0.128. The topological polar surface area (TPSA) is 58.4 Å². The zero-order valence-corrected chi connectivity index (χ0v) is 10.1. The molecule has 0 bridgehead atoms. The second-order valence-electron chi connectivity index (χ2n) is 4.49. The average molecular weight is 233 g/mol. The van der Waals surface area contributed by atoms with E-state index in [0.717, 1.165) is 31.7 Å². The van der Waals surface area contributed by atoms with Gasteiger partial charge in [0.15, 0.2) is 0 Å². The molecule has 1 saturated heterocycles. The van der Waals surface area contributed by atoms with Crippen LogP contribution in [0.3, 0.4) is 0 Å². The SMILES string of the molecule is CC1C(=O)NCCN1CCc1ccc(N)cc1. The van der Waals surface area contributed by atoms with Gasteiger partial charge in [0.05, 0.1) is 6.04 Å². The quantitative estimate of drug-likeness (QED) is 0.753. The van der Waals surface area contributed by atoms with Crippen LogP contribution in [0.25, 0.3) is 0 Å². The summed E-state index contributed by atoms with van der Waals surface area (Å²) in [7, 11) is 0. The van der Waals surface area contributed by atoms with Gasteiger partial charge < -0.3 is 11.1 Å². The van der Waals surface area contributed by atoms with E-state index in [1.807, 2.05) is 31.2 Å². The van der Waals surface area contributed by atoms with Crippen molar-refractivity contribution in [2.75, 3.05) is 25.4 Å². The Morgan fingerprint density at radius 3 is 2.82 bits per heavy atom. The summed E-state index contributed by atoms with van der Waals surface area (Å²) >= 11 is 0. The number of carbonyl (C=O) groups is 1. The van der Waals surface area contributed by atoms with Crippen LogP contribution in [0.2, 0.25) is 0 Å². The molecule has 4 nitrogen and oxygen atoms in total. The van der Waals surface area contributed by atoms with Gasteiger partial charge in [-0.3, -0.25) is 9.69 Å². The number of amides is 1. The molecule has 0 spiro atoms. The molecule has 0 aliphatic carbocycles. The zero-order valence-electron chi connectivity index (χ0n) is 10.1. The molecule has 17 heavy (non-hydrogen) atoms. The Kier molecular flexibility index (Phi) is 3.64. The number of benzene rings is 1. The molecule has 1 unspecified atom stereocenters. The molecular weight excluding hydrogens is 214 g/mol. The largest absolute Gasteiger partial charge is 0.399 e. The van der Waals surface area contributed by atoms with E-state index in [9.17, 15) is 4.79 Å². The summed E-state index contributed by atoms with van der Waals surface area (Å²) in [4.78, 5) is 13.7. The molecule has 1 aliphatic heterocycles. The maximum Gasteiger partial charge on any atom is 0.237 e. The van der Waals surface area contributed by atoms with Gasteiger partial charge in [-0.25, -0.2) is 0 Å². The summed E-state index contributed by atoms with van der Waals surface area (Å²) in [5.41, 5.74) is 7.70. The molecule has 1 heterocycles. The van der Waals surface area contributed by atoms with Gasteiger partial charge in [-0.1, -0.05) is 12.1 Å². The number of hydrogen-bond donors (Lipinski definition) is 2. The minimum atomic E-state index is -0.0162. The Morgan fingerprint density at radius 1 is 1.41 bits per heavy atom. The highest BCUT2D eigenvalue weighted by molar-refractivity contribution is 5.81. The van der Waals surface area contributed by atoms with Gasteiger partial charge in [0.25, 0.3) is 0 Å². The van der Waals surface area contributed by atoms with Crippen LogP contribution >= 0.6 is 0 Å². The third-order valence-electron chi connectivity index (χ3n) is 3.29. The summed E-state index contributed by atoms with van der Waals surface area (Å²) in [5.74, 6) is 0.133. The van der Waals surface area contributed by atoms with Crippen molar-refractivity contribution in [1.29, 1.82) is 0 Å². The molecule has 0 aromatic heterocycles. The molecule has 0 radical (unpaired) electrons. The standard InChI is InChI=1S/C13H19N3O/c1-10-13(17)15-7-9-16(10)8-6-11-2-4-12(14)5-3-11/h2-5,10H,6-9,14H2,1H3,(H,15,17). The summed E-state index contributed by atoms with van der Waals surface area (Å²) in [6, 6.07) is 7.91. The fourth-order valence-corrected chi connectivity index (χ4v) is 2.09. The smallest absolute Gasteiger partial charge is 0.237 e. The van der Waals surface area contributed by atoms with E-state index in [0.29, 0.717) is 0 Å². The number of piperazine rings is 1. The monoisotopic (exact) mass is 233 g/mol. The number of nitrogen functional groups attached to an aromatic ring is 1. The highest BCUT2D eigenvalue weighted by atomic mass is 16.2. The Labute approximate surface area is 102 Å². The molecule has 92 valence electrons. The predicted molar refractivity (Wildman–Crippen MR) is 68.6 cm³/mol. The second kappa shape index (κ2) is 5.19. The maximum absolute atomic E-state index is 11.5. The summed E-state index contributed by atoms with van der Waals surface area (Å²) in [6.45, 7) is 4.56. The van der Waals surface area contributed by atoms with E-state index in [1.54, 1.807) is 0 Å². The van der Waals surface area contributed by atoms with Gasteiger partial charge in [-0.05, 0) is 31.0 Å². The van der Waals surface area contributed by atoms with Crippen LogP contribution in [0.1, 0.15) is 12.5 Å². The van der Waals surface area contributed by atoms with Crippen LogP contribution in [-0.2, 0) is 11.2 Å². The fraction of sp³-hybridized carbons (Fsp3) is 0.462. The summed E-state index contributed by atoms with van der Waals surface area (Å²) in [6.07, 6.45) is 0.956. The highest BCUT2D eigenvalue weighted by Crippen LogP contribution is 2.09. The van der Waals surface area contributed by atoms with E-state index >= 15 is 0 Å². The molecule has 1 aromatic rings. The van der Waals surface area contributed by atoms with Gasteiger partial charge >= 0.3 is 0 Å². The van der Waals surface area contributed by atoms with E-state index in [2.05, 4.69) is 10.2 Å². The molecule has 2 rings (SSSR count). The number of nitrogens with one attached hydrogen (secondary N) is 1. The van der Waals surface area contributed by atoms with E-state index in [4.69, 9.17) is 5.73 Å². The number of nitrogens with two attached hydrogens (primary N) is 1. The first kappa shape index (κ1) is 11.9. The number of anilines is 1. The third kappa shape index (κ3) is 2.97. The van der Waals surface area contributed by atoms with Crippen LogP contribution in [0, 0.1) is 0 Å². The molecule has 1 atom stereocenters. The van der Waals surface area contributed by atoms with Crippen LogP contribution in [0.15, 0.2) is 24.3 Å². The molecule has 0 saturated carbocycles. The predicted octanol–water partition coefficient (Wildman–Crippen LogP) is 0.632. The van der Waals surface area contributed by atoms with Crippen molar-refractivity contribution in [2.45, 2.75) is 19.4 Å². The number of hydrogen-bond acceptors (Lipinski definition) is 3. The van der Waals surface area contributed by atoms with E-state index in [1.165, 1.54) is 5.56 Å². The van der Waals surface area contributed by atoms with Gasteiger partial charge in [0.1, 0.15) is 0 Å². The lowest BCUT2D eigenvalue weighted by Crippen LogP contribution is -2.54. The van der Waals surface area contributed by atoms with E-state index < -0.39 is 0 Å². The molecule has 4 heteroatoms. The van der Waals surface area contributed by atoms with Crippen LogP contribution in [-0.4, -0.2) is 36.5 Å². The first-order valence-electron chi connectivity index (χ1n) is 6.03. The van der Waals surface area contributed by atoms with Gasteiger partial charge in [0, 0.05) is 25.3 Å². The number of rotatable bonds is 3. The van der Waals surface area contributed by atoms with Gasteiger partial charge in [0.2, 0.25) is 5.91 Å². The van der Waals surface area contributed by atoms with Crippen molar-refractivity contribution >= 4 is 11.6 Å². The van der Waals surface area contributed by atoms with Crippen molar-refractivity contribution in [1.82, 2.24) is 10.2 Å². The van der Waals surface area contributed by atoms with Crippen molar-refractivity contribution in [2.24, 2.45) is 0 Å².